The Labute approximate surface area is 138 Å². The second-order valence-corrected chi connectivity index (χ2v) is 5.85. The first-order valence-corrected chi connectivity index (χ1v) is 8.12. The Kier molecular flexibility index (Phi) is 5.46. The number of hydrogen-bond acceptors (Lipinski definition) is 3. The molecule has 0 aliphatic carbocycles. The highest BCUT2D eigenvalue weighted by atomic mass is 35.5. The van der Waals surface area contributed by atoms with E-state index in [1.165, 1.54) is 18.7 Å². The summed E-state index contributed by atoms with van der Waals surface area (Å²) in [6.45, 7) is 1.43. The third-order valence-corrected chi connectivity index (χ3v) is 3.91. The summed E-state index contributed by atoms with van der Waals surface area (Å²) in [5.74, 6) is -0.458. The van der Waals surface area contributed by atoms with Crippen molar-refractivity contribution in [3.05, 3.63) is 53.1 Å². The number of nitrogens with one attached hydrogen (secondary N) is 2. The van der Waals surface area contributed by atoms with Crippen molar-refractivity contribution in [1.82, 2.24) is 0 Å². The second-order valence-electron chi connectivity index (χ2n) is 4.56. The first kappa shape index (κ1) is 16.4. The predicted octanol–water partition coefficient (Wildman–Crippen LogP) is 4.27. The molecular formula is C16H15ClN2O2S. The van der Waals surface area contributed by atoms with Crippen molar-refractivity contribution in [2.24, 2.45) is 0 Å². The Bertz CT molecular complexity index is 719. The minimum Gasteiger partial charge on any atom is -0.326 e. The van der Waals surface area contributed by atoms with Gasteiger partial charge in [-0.1, -0.05) is 17.7 Å². The van der Waals surface area contributed by atoms with Gasteiger partial charge in [-0.25, -0.2) is 0 Å². The van der Waals surface area contributed by atoms with Crippen LogP contribution in [0.1, 0.15) is 17.3 Å². The number of amides is 2. The molecule has 2 aromatic rings. The van der Waals surface area contributed by atoms with Gasteiger partial charge in [-0.05, 0) is 42.7 Å². The highest BCUT2D eigenvalue weighted by Crippen LogP contribution is 2.24. The highest BCUT2D eigenvalue weighted by molar-refractivity contribution is 7.98. The fraction of sp³-hybridized carbons (Fsp3) is 0.125. The summed E-state index contributed by atoms with van der Waals surface area (Å²) < 4.78 is 0. The van der Waals surface area contributed by atoms with Gasteiger partial charge >= 0.3 is 0 Å². The third kappa shape index (κ3) is 4.26. The maximum Gasteiger partial charge on any atom is 0.257 e. The number of carbonyl (C=O) groups excluding carboxylic acids is 2. The van der Waals surface area contributed by atoms with Crippen LogP contribution in [0.3, 0.4) is 0 Å². The summed E-state index contributed by atoms with van der Waals surface area (Å²) in [6.07, 6.45) is 1.93. The average Bonchev–Trinajstić information content (AvgIpc) is 2.47. The van der Waals surface area contributed by atoms with Crippen LogP contribution in [-0.2, 0) is 4.79 Å². The van der Waals surface area contributed by atoms with E-state index in [0.717, 1.165) is 4.90 Å². The van der Waals surface area contributed by atoms with Crippen LogP contribution >= 0.6 is 23.4 Å². The normalized spacial score (nSPS) is 10.1. The largest absolute Gasteiger partial charge is 0.326 e. The zero-order valence-corrected chi connectivity index (χ0v) is 13.7. The van der Waals surface area contributed by atoms with Gasteiger partial charge in [-0.3, -0.25) is 9.59 Å². The van der Waals surface area contributed by atoms with Crippen LogP contribution < -0.4 is 10.6 Å². The topological polar surface area (TPSA) is 58.2 Å². The monoisotopic (exact) mass is 334 g/mol. The maximum absolute atomic E-state index is 12.3. The van der Waals surface area contributed by atoms with Gasteiger partial charge in [0.05, 0.1) is 10.6 Å². The van der Waals surface area contributed by atoms with E-state index < -0.39 is 0 Å². The van der Waals surface area contributed by atoms with Gasteiger partial charge in [0.2, 0.25) is 5.91 Å². The van der Waals surface area contributed by atoms with E-state index in [4.69, 9.17) is 11.6 Å². The molecular weight excluding hydrogens is 320 g/mol. The van der Waals surface area contributed by atoms with E-state index in [9.17, 15) is 9.59 Å². The van der Waals surface area contributed by atoms with Gasteiger partial charge in [0.1, 0.15) is 0 Å². The van der Waals surface area contributed by atoms with Crippen LogP contribution in [-0.4, -0.2) is 18.1 Å². The first-order chi connectivity index (χ1) is 10.5. The van der Waals surface area contributed by atoms with Crippen LogP contribution in [0.5, 0.6) is 0 Å². The van der Waals surface area contributed by atoms with Gasteiger partial charge in [0, 0.05) is 23.2 Å². The molecule has 2 rings (SSSR count). The van der Waals surface area contributed by atoms with E-state index in [1.54, 1.807) is 36.4 Å². The van der Waals surface area contributed by atoms with Gasteiger partial charge in [-0.15, -0.1) is 11.8 Å². The molecule has 4 nitrogen and oxygen atoms in total. The molecule has 114 valence electrons. The first-order valence-electron chi connectivity index (χ1n) is 6.52. The molecule has 0 aromatic heterocycles. The molecule has 0 saturated heterocycles. The summed E-state index contributed by atoms with van der Waals surface area (Å²) >= 11 is 7.63. The van der Waals surface area contributed by atoms with Gasteiger partial charge in [-0.2, -0.15) is 0 Å². The smallest absolute Gasteiger partial charge is 0.257 e. The third-order valence-electron chi connectivity index (χ3n) is 2.86. The van der Waals surface area contributed by atoms with E-state index in [1.807, 2.05) is 12.3 Å². The average molecular weight is 335 g/mol. The van der Waals surface area contributed by atoms with Crippen molar-refractivity contribution in [3.63, 3.8) is 0 Å². The fourth-order valence-electron chi connectivity index (χ4n) is 1.88. The summed E-state index contributed by atoms with van der Waals surface area (Å²) in [7, 11) is 0. The van der Waals surface area contributed by atoms with Crippen molar-refractivity contribution >= 4 is 46.6 Å². The Morgan fingerprint density at radius 1 is 1.05 bits per heavy atom. The lowest BCUT2D eigenvalue weighted by Crippen LogP contribution is -2.13. The zero-order chi connectivity index (χ0) is 16.1. The Balaban J connectivity index is 2.20. The maximum atomic E-state index is 12.3. The SMILES string of the molecule is CSc1ccc(Cl)c(C(=O)Nc2cccc(NC(C)=O)c2)c1. The minimum atomic E-state index is -0.291. The van der Waals surface area contributed by atoms with Gasteiger partial charge in [0.25, 0.3) is 5.91 Å². The Morgan fingerprint density at radius 3 is 2.36 bits per heavy atom. The summed E-state index contributed by atoms with van der Waals surface area (Å²) in [6, 6.07) is 12.2. The number of benzene rings is 2. The standard InChI is InChI=1S/C16H15ClN2O2S/c1-10(20)18-11-4-3-5-12(8-11)19-16(21)14-9-13(22-2)6-7-15(14)17/h3-9H,1-2H3,(H,18,20)(H,19,21). The van der Waals surface area contributed by atoms with Crippen LogP contribution in [0, 0.1) is 0 Å². The number of thioether (sulfide) groups is 1. The number of rotatable bonds is 4. The fourth-order valence-corrected chi connectivity index (χ4v) is 2.52. The lowest BCUT2D eigenvalue weighted by atomic mass is 10.2. The van der Waals surface area contributed by atoms with Crippen molar-refractivity contribution < 1.29 is 9.59 Å². The van der Waals surface area contributed by atoms with E-state index in [0.29, 0.717) is 22.0 Å². The second kappa shape index (κ2) is 7.33. The van der Waals surface area contributed by atoms with Gasteiger partial charge in [0.15, 0.2) is 0 Å². The number of halogens is 1. The molecule has 0 saturated carbocycles. The zero-order valence-electron chi connectivity index (χ0n) is 12.1. The molecule has 2 amide bonds. The van der Waals surface area contributed by atoms with Crippen molar-refractivity contribution in [1.29, 1.82) is 0 Å². The molecule has 0 aliphatic heterocycles. The lowest BCUT2D eigenvalue weighted by molar-refractivity contribution is -0.114. The molecule has 0 unspecified atom stereocenters. The van der Waals surface area contributed by atoms with Crippen LogP contribution in [0.2, 0.25) is 5.02 Å². The Hall–Kier alpha value is -1.98. The molecule has 0 heterocycles. The molecule has 22 heavy (non-hydrogen) atoms. The number of hydrogen-bond donors (Lipinski definition) is 2. The van der Waals surface area contributed by atoms with Crippen molar-refractivity contribution in [2.75, 3.05) is 16.9 Å². The molecule has 2 aromatic carbocycles. The van der Waals surface area contributed by atoms with E-state index >= 15 is 0 Å². The highest BCUT2D eigenvalue weighted by Gasteiger charge is 2.12. The van der Waals surface area contributed by atoms with Gasteiger partial charge < -0.3 is 10.6 Å². The van der Waals surface area contributed by atoms with Crippen LogP contribution in [0.25, 0.3) is 0 Å². The van der Waals surface area contributed by atoms with Crippen molar-refractivity contribution in [2.45, 2.75) is 11.8 Å². The number of carbonyl (C=O) groups is 2. The van der Waals surface area contributed by atoms with Crippen molar-refractivity contribution in [3.8, 4) is 0 Å². The molecule has 0 atom stereocenters. The minimum absolute atomic E-state index is 0.167. The number of anilines is 2. The van der Waals surface area contributed by atoms with Crippen LogP contribution in [0.4, 0.5) is 11.4 Å². The molecule has 0 fully saturated rings. The van der Waals surface area contributed by atoms with E-state index in [-0.39, 0.29) is 11.8 Å². The molecule has 0 spiro atoms. The molecule has 0 radical (unpaired) electrons. The summed E-state index contributed by atoms with van der Waals surface area (Å²) in [4.78, 5) is 24.4. The lowest BCUT2D eigenvalue weighted by Gasteiger charge is -2.09. The quantitative estimate of drug-likeness (QED) is 0.821. The predicted molar refractivity (Wildman–Crippen MR) is 91.9 cm³/mol. The van der Waals surface area contributed by atoms with Crippen LogP contribution in [0.15, 0.2) is 47.4 Å². The molecule has 2 N–H and O–H groups in total. The molecule has 0 bridgehead atoms. The summed E-state index contributed by atoms with van der Waals surface area (Å²) in [5, 5.41) is 5.84. The summed E-state index contributed by atoms with van der Waals surface area (Å²) in [5.41, 5.74) is 1.62. The molecule has 6 heteroatoms. The van der Waals surface area contributed by atoms with E-state index in [2.05, 4.69) is 10.6 Å². The molecule has 0 aliphatic rings. The Morgan fingerprint density at radius 2 is 1.73 bits per heavy atom.